The van der Waals surface area contributed by atoms with E-state index in [0.717, 1.165) is 4.68 Å². The molecule has 1 aromatic carbocycles. The van der Waals surface area contributed by atoms with Crippen molar-refractivity contribution in [3.8, 4) is 0 Å². The van der Waals surface area contributed by atoms with Gasteiger partial charge in [-0.2, -0.15) is 18.3 Å². The maximum Gasteiger partial charge on any atom is 0.410 e. The van der Waals surface area contributed by atoms with Gasteiger partial charge in [-0.25, -0.2) is 9.48 Å². The summed E-state index contributed by atoms with van der Waals surface area (Å²) in [4.78, 5) is 26.2. The average Bonchev–Trinajstić information content (AvgIpc) is 3.23. The molecule has 2 unspecified atom stereocenters. The summed E-state index contributed by atoms with van der Waals surface area (Å²) >= 11 is 5.90. The van der Waals surface area contributed by atoms with Gasteiger partial charge in [-0.05, 0) is 37.5 Å². The summed E-state index contributed by atoms with van der Waals surface area (Å²) in [7, 11) is 0. The predicted octanol–water partition coefficient (Wildman–Crippen LogP) is 4.55. The number of rotatable bonds is 4. The van der Waals surface area contributed by atoms with Crippen molar-refractivity contribution >= 4 is 29.4 Å². The highest BCUT2D eigenvalue weighted by atomic mass is 35.5. The Balaban J connectivity index is 1.47. The van der Waals surface area contributed by atoms with Crippen molar-refractivity contribution in [2.45, 2.75) is 50.5 Å². The van der Waals surface area contributed by atoms with Crippen LogP contribution in [0.1, 0.15) is 54.3 Å². The molecule has 0 bridgehead atoms. The highest BCUT2D eigenvalue weighted by molar-refractivity contribution is 6.30. The summed E-state index contributed by atoms with van der Waals surface area (Å²) in [6.45, 7) is 2.85. The fourth-order valence-corrected chi connectivity index (χ4v) is 4.40. The van der Waals surface area contributed by atoms with E-state index in [1.165, 1.54) is 6.07 Å². The highest BCUT2D eigenvalue weighted by Gasteiger charge is 2.47. The molecule has 12 heteroatoms. The minimum absolute atomic E-state index is 0.0960. The van der Waals surface area contributed by atoms with E-state index in [4.69, 9.17) is 16.3 Å². The van der Waals surface area contributed by atoms with Crippen LogP contribution in [0.25, 0.3) is 0 Å². The standard InChI is InChI=1S/C22H25ClF3N5O3/c1-2-34-21(33)30-9-7-15(8-10-30)27-20(32)17-12-19-28-16(13-3-5-14(23)6-4-13)11-18(22(24,25)26)31(19)29-17/h3-6,12,15-16,18,28H,2,7-11H2,1H3,(H,27,32). The molecule has 0 aliphatic carbocycles. The van der Waals surface area contributed by atoms with Gasteiger partial charge in [0.15, 0.2) is 11.7 Å². The Morgan fingerprint density at radius 1 is 1.24 bits per heavy atom. The van der Waals surface area contributed by atoms with Crippen LogP contribution in [-0.4, -0.2) is 58.6 Å². The summed E-state index contributed by atoms with van der Waals surface area (Å²) in [5.74, 6) is -0.432. The molecule has 8 nitrogen and oxygen atoms in total. The number of alkyl halides is 3. The molecular weight excluding hydrogens is 475 g/mol. The number of amides is 2. The number of ether oxygens (including phenoxy) is 1. The largest absolute Gasteiger partial charge is 0.450 e. The van der Waals surface area contributed by atoms with Crippen molar-refractivity contribution < 1.29 is 27.5 Å². The van der Waals surface area contributed by atoms with Crippen molar-refractivity contribution in [1.29, 1.82) is 0 Å². The molecule has 2 atom stereocenters. The van der Waals surface area contributed by atoms with Crippen LogP contribution in [0.3, 0.4) is 0 Å². The molecule has 1 aromatic heterocycles. The zero-order chi connectivity index (χ0) is 24.5. The minimum atomic E-state index is -4.54. The number of hydrogen-bond acceptors (Lipinski definition) is 5. The van der Waals surface area contributed by atoms with Crippen LogP contribution in [-0.2, 0) is 4.74 Å². The van der Waals surface area contributed by atoms with Gasteiger partial charge in [0.25, 0.3) is 5.91 Å². The van der Waals surface area contributed by atoms with E-state index >= 15 is 0 Å². The van der Waals surface area contributed by atoms with Gasteiger partial charge in [0.2, 0.25) is 0 Å². The number of carbonyl (C=O) groups is 2. The molecule has 2 aliphatic heterocycles. The molecule has 0 radical (unpaired) electrons. The molecular formula is C22H25ClF3N5O3. The molecule has 2 amide bonds. The van der Waals surface area contributed by atoms with E-state index in [0.29, 0.717) is 36.5 Å². The van der Waals surface area contributed by atoms with Crippen molar-refractivity contribution in [2.75, 3.05) is 25.0 Å². The fraction of sp³-hybridized carbons (Fsp3) is 0.500. The number of fused-ring (bicyclic) bond motifs is 1. The van der Waals surface area contributed by atoms with Crippen molar-refractivity contribution in [1.82, 2.24) is 20.0 Å². The molecule has 1 fully saturated rings. The summed E-state index contributed by atoms with van der Waals surface area (Å²) in [6, 6.07) is 5.23. The first-order valence-electron chi connectivity index (χ1n) is 11.1. The first kappa shape index (κ1) is 24.2. The lowest BCUT2D eigenvalue weighted by Gasteiger charge is -2.33. The van der Waals surface area contributed by atoms with Crippen LogP contribution in [0.2, 0.25) is 5.02 Å². The monoisotopic (exact) mass is 499 g/mol. The van der Waals surface area contributed by atoms with Crippen molar-refractivity contribution in [3.63, 3.8) is 0 Å². The number of benzene rings is 1. The molecule has 2 aromatic rings. The SMILES string of the molecule is CCOC(=O)N1CCC(NC(=O)c2cc3n(n2)C(C(F)(F)F)CC(c2ccc(Cl)cc2)N3)CC1. The Morgan fingerprint density at radius 2 is 1.91 bits per heavy atom. The third-order valence-corrected chi connectivity index (χ3v) is 6.30. The Morgan fingerprint density at radius 3 is 2.53 bits per heavy atom. The zero-order valence-electron chi connectivity index (χ0n) is 18.4. The molecule has 4 rings (SSSR count). The third kappa shape index (κ3) is 5.24. The van der Waals surface area contributed by atoms with E-state index in [2.05, 4.69) is 15.7 Å². The zero-order valence-corrected chi connectivity index (χ0v) is 19.2. The summed E-state index contributed by atoms with van der Waals surface area (Å²) < 4.78 is 47.4. The first-order valence-corrected chi connectivity index (χ1v) is 11.4. The van der Waals surface area contributed by atoms with E-state index in [1.807, 2.05) is 0 Å². The van der Waals surface area contributed by atoms with Crippen LogP contribution in [0.5, 0.6) is 0 Å². The smallest absolute Gasteiger partial charge is 0.410 e. The molecule has 0 saturated carbocycles. The van der Waals surface area contributed by atoms with Crippen LogP contribution in [0.4, 0.5) is 23.8 Å². The number of carbonyl (C=O) groups excluding carboxylic acids is 2. The van der Waals surface area contributed by atoms with Crippen molar-refractivity contribution in [2.24, 2.45) is 0 Å². The number of aromatic nitrogens is 2. The third-order valence-electron chi connectivity index (χ3n) is 6.05. The van der Waals surface area contributed by atoms with Gasteiger partial charge >= 0.3 is 12.3 Å². The van der Waals surface area contributed by atoms with Crippen LogP contribution >= 0.6 is 11.6 Å². The number of nitrogens with one attached hydrogen (secondary N) is 2. The van der Waals surface area contributed by atoms with Gasteiger partial charge in [-0.3, -0.25) is 4.79 Å². The van der Waals surface area contributed by atoms with Gasteiger partial charge in [0.05, 0.1) is 12.6 Å². The Bertz CT molecular complexity index is 1040. The number of hydrogen-bond donors (Lipinski definition) is 2. The summed E-state index contributed by atoms with van der Waals surface area (Å²) in [5.41, 5.74) is 0.562. The topological polar surface area (TPSA) is 88.5 Å². The maximum atomic E-state index is 13.9. The molecule has 2 N–H and O–H groups in total. The summed E-state index contributed by atoms with van der Waals surface area (Å²) in [5, 5.41) is 10.4. The first-order chi connectivity index (χ1) is 16.2. The quantitative estimate of drug-likeness (QED) is 0.644. The Labute approximate surface area is 199 Å². The Hall–Kier alpha value is -2.95. The van der Waals surface area contributed by atoms with E-state index in [1.54, 1.807) is 36.1 Å². The van der Waals surface area contributed by atoms with Crippen molar-refractivity contribution in [3.05, 3.63) is 46.6 Å². The van der Waals surface area contributed by atoms with Gasteiger partial charge < -0.3 is 20.3 Å². The van der Waals surface area contributed by atoms with Gasteiger partial charge in [0, 0.05) is 36.6 Å². The molecule has 0 spiro atoms. The second-order valence-corrected chi connectivity index (χ2v) is 8.77. The minimum Gasteiger partial charge on any atom is -0.450 e. The van der Waals surface area contributed by atoms with Crippen LogP contribution in [0.15, 0.2) is 30.3 Å². The lowest BCUT2D eigenvalue weighted by molar-refractivity contribution is -0.173. The molecule has 3 heterocycles. The number of nitrogens with zero attached hydrogens (tertiary/aromatic N) is 3. The predicted molar refractivity (Wildman–Crippen MR) is 119 cm³/mol. The molecule has 2 aliphatic rings. The van der Waals surface area contributed by atoms with Gasteiger partial charge in [-0.1, -0.05) is 23.7 Å². The lowest BCUT2D eigenvalue weighted by atomic mass is 9.97. The normalized spacial score (nSPS) is 20.9. The second kappa shape index (κ2) is 9.73. The van der Waals surface area contributed by atoms with E-state index in [-0.39, 0.29) is 30.6 Å². The van der Waals surface area contributed by atoms with E-state index in [9.17, 15) is 22.8 Å². The van der Waals surface area contributed by atoms with Gasteiger partial charge in [-0.15, -0.1) is 0 Å². The average molecular weight is 500 g/mol. The molecule has 184 valence electrons. The lowest BCUT2D eigenvalue weighted by Crippen LogP contribution is -2.46. The number of anilines is 1. The number of likely N-dealkylation sites (tertiary alicyclic amines) is 1. The maximum absolute atomic E-state index is 13.9. The fourth-order valence-electron chi connectivity index (χ4n) is 4.28. The van der Waals surface area contributed by atoms with Crippen LogP contribution < -0.4 is 10.6 Å². The molecule has 34 heavy (non-hydrogen) atoms. The number of halogens is 4. The van der Waals surface area contributed by atoms with E-state index < -0.39 is 30.3 Å². The highest BCUT2D eigenvalue weighted by Crippen LogP contribution is 2.43. The van der Waals surface area contributed by atoms with Crippen LogP contribution in [0, 0.1) is 0 Å². The number of piperidine rings is 1. The summed E-state index contributed by atoms with van der Waals surface area (Å²) in [6.07, 6.45) is -4.18. The molecule has 1 saturated heterocycles. The second-order valence-electron chi connectivity index (χ2n) is 8.33. The van der Waals surface area contributed by atoms with Gasteiger partial charge in [0.1, 0.15) is 5.82 Å². The Kier molecular flexibility index (Phi) is 6.92.